The van der Waals surface area contributed by atoms with Crippen molar-refractivity contribution < 1.29 is 46.3 Å². The first-order valence-corrected chi connectivity index (χ1v) is 22.6. The Morgan fingerprint density at radius 3 is 2.37 bits per heavy atom. The van der Waals surface area contributed by atoms with Crippen LogP contribution in [0.1, 0.15) is 101 Å². The lowest BCUT2D eigenvalue weighted by atomic mass is 10.0. The molecular formula is C42H53FN6O9S. The summed E-state index contributed by atoms with van der Waals surface area (Å²) in [5.41, 5.74) is -0.143. The Bertz CT molecular complexity index is 2080. The van der Waals surface area contributed by atoms with Gasteiger partial charge in [0.05, 0.1) is 18.8 Å². The quantitative estimate of drug-likeness (QED) is 0.332. The number of benzene rings is 2. The Kier molecular flexibility index (Phi) is 11.7. The van der Waals surface area contributed by atoms with Gasteiger partial charge in [-0.25, -0.2) is 27.1 Å². The molecule has 15 nitrogen and oxygen atoms in total. The van der Waals surface area contributed by atoms with Crippen LogP contribution in [-0.4, -0.2) is 91.0 Å². The number of nitrogens with one attached hydrogen (secondary N) is 4. The predicted octanol–water partition coefficient (Wildman–Crippen LogP) is 4.84. The summed E-state index contributed by atoms with van der Waals surface area (Å²) in [5.74, 6) is -2.75. The molecule has 17 heteroatoms. The summed E-state index contributed by atoms with van der Waals surface area (Å²) >= 11 is 0. The number of carbonyl (C=O) groups is 5. The van der Waals surface area contributed by atoms with E-state index in [1.165, 1.54) is 21.9 Å². The highest BCUT2D eigenvalue weighted by Gasteiger charge is 2.66. The molecule has 0 aromatic heterocycles. The van der Waals surface area contributed by atoms with Crippen LogP contribution in [0, 0.1) is 17.7 Å². The highest BCUT2D eigenvalue weighted by atomic mass is 32.2. The number of halogens is 1. The highest BCUT2D eigenvalue weighted by Crippen LogP contribution is 2.57. The lowest BCUT2D eigenvalue weighted by molar-refractivity contribution is -0.141. The number of hydrogen-bond donors (Lipinski definition) is 4. The number of alkyl carbamates (subject to hydrolysis) is 1. The van der Waals surface area contributed by atoms with E-state index in [0.717, 1.165) is 64.2 Å². The standard InChI is InChI=1S/C42H53FN6O9S/c43-32-14-10-11-27-23-48(25-30(27)32)41(54)58-29-21-35-37(50)46-42(22-31(42)26-18-19-26)39(52)47-59(55,56)36-17-8-7-15-33(36)44-20-9-3-1-2-4-16-34(38(51)49(35)24-29)45-40(53)57-28-12-5-6-13-28/h7-8,10-11,14-15,17,26,28-29,31,34-35,44H,1-6,9,12-13,16,18-25H2,(H,45,53)(H,46,50)(H,47,52)/t29-,31+,34+,35+,42-/m1/s1. The van der Waals surface area contributed by atoms with Crippen LogP contribution in [0.5, 0.6) is 0 Å². The third-order valence-electron chi connectivity index (χ3n) is 12.8. The number of hydrogen-bond acceptors (Lipinski definition) is 10. The van der Waals surface area contributed by atoms with E-state index in [1.807, 2.05) is 0 Å². The fourth-order valence-electron chi connectivity index (χ4n) is 9.36. The molecule has 318 valence electrons. The summed E-state index contributed by atoms with van der Waals surface area (Å²) in [4.78, 5) is 72.7. The molecule has 3 saturated carbocycles. The lowest BCUT2D eigenvalue weighted by Gasteiger charge is -2.30. The molecule has 59 heavy (non-hydrogen) atoms. The Morgan fingerprint density at radius 2 is 1.59 bits per heavy atom. The topological polar surface area (TPSA) is 193 Å². The summed E-state index contributed by atoms with van der Waals surface area (Å²) in [5, 5.41) is 8.87. The number of rotatable bonds is 4. The number of fused-ring (bicyclic) bond motifs is 3. The van der Waals surface area contributed by atoms with Crippen molar-refractivity contribution in [1.29, 1.82) is 0 Å². The van der Waals surface area contributed by atoms with Crippen LogP contribution in [0.25, 0.3) is 0 Å². The maximum atomic E-state index is 14.6. The highest BCUT2D eigenvalue weighted by molar-refractivity contribution is 7.90. The van der Waals surface area contributed by atoms with Crippen LogP contribution in [0.2, 0.25) is 0 Å². The van der Waals surface area contributed by atoms with E-state index in [1.54, 1.807) is 30.3 Å². The molecule has 3 aliphatic heterocycles. The first kappa shape index (κ1) is 40.8. The SMILES string of the molecule is O=C(N[C@H]1CCCCCCCNc2ccccc2S(=O)(=O)NC(=O)[C@]2(C[C@H]2C2CC2)NC(=O)[C@@H]2C[C@@H](OC(=O)N3Cc4cccc(F)c4C3)CN2C1=O)OC1CCCC1. The van der Waals surface area contributed by atoms with Gasteiger partial charge in [0.25, 0.3) is 15.9 Å². The van der Waals surface area contributed by atoms with Crippen molar-refractivity contribution in [2.24, 2.45) is 11.8 Å². The van der Waals surface area contributed by atoms with E-state index >= 15 is 0 Å². The first-order valence-electron chi connectivity index (χ1n) is 21.1. The van der Waals surface area contributed by atoms with Gasteiger partial charge in [-0.15, -0.1) is 0 Å². The Hall–Kier alpha value is -4.93. The minimum atomic E-state index is -4.38. The molecule has 5 atom stereocenters. The molecule has 8 rings (SSSR count). The molecule has 0 radical (unpaired) electrons. The van der Waals surface area contributed by atoms with Gasteiger partial charge in [0.2, 0.25) is 11.8 Å². The van der Waals surface area contributed by atoms with E-state index in [4.69, 9.17) is 9.47 Å². The zero-order valence-electron chi connectivity index (χ0n) is 33.1. The molecular weight excluding hydrogens is 784 g/mol. The van der Waals surface area contributed by atoms with E-state index in [9.17, 15) is 36.8 Å². The van der Waals surface area contributed by atoms with Crippen LogP contribution in [-0.2, 0) is 47.0 Å². The van der Waals surface area contributed by atoms with Crippen molar-refractivity contribution in [1.82, 2.24) is 25.2 Å². The fourth-order valence-corrected chi connectivity index (χ4v) is 10.6. The second-order valence-corrected chi connectivity index (χ2v) is 18.7. The van der Waals surface area contributed by atoms with Gasteiger partial charge in [-0.2, -0.15) is 0 Å². The summed E-state index contributed by atoms with van der Waals surface area (Å²) in [6.45, 7) is 0.434. The van der Waals surface area contributed by atoms with Crippen LogP contribution >= 0.6 is 0 Å². The minimum absolute atomic E-state index is 0.00114. The van der Waals surface area contributed by atoms with E-state index in [2.05, 4.69) is 20.7 Å². The van der Waals surface area contributed by atoms with Crippen molar-refractivity contribution in [2.75, 3.05) is 18.4 Å². The molecule has 5 amide bonds. The molecule has 0 bridgehead atoms. The molecule has 3 aliphatic carbocycles. The van der Waals surface area contributed by atoms with Gasteiger partial charge in [0.15, 0.2) is 0 Å². The lowest BCUT2D eigenvalue weighted by Crippen LogP contribution is -2.58. The number of ether oxygens (including phenoxy) is 2. The van der Waals surface area contributed by atoms with Gasteiger partial charge in [0, 0.05) is 25.1 Å². The maximum absolute atomic E-state index is 14.6. The summed E-state index contributed by atoms with van der Waals surface area (Å²) in [7, 11) is -4.38. The van der Waals surface area contributed by atoms with Crippen molar-refractivity contribution in [3.8, 4) is 0 Å². The Balaban J connectivity index is 1.07. The van der Waals surface area contributed by atoms with E-state index in [-0.39, 0.29) is 61.7 Å². The number of nitrogens with zero attached hydrogens (tertiary/aromatic N) is 2. The second kappa shape index (κ2) is 17.0. The largest absolute Gasteiger partial charge is 0.446 e. The van der Waals surface area contributed by atoms with Crippen molar-refractivity contribution in [3.63, 3.8) is 0 Å². The number of amides is 5. The Labute approximate surface area is 343 Å². The molecule has 2 aromatic carbocycles. The predicted molar refractivity (Wildman–Crippen MR) is 211 cm³/mol. The van der Waals surface area contributed by atoms with Crippen LogP contribution in [0.4, 0.5) is 19.7 Å². The summed E-state index contributed by atoms with van der Waals surface area (Å²) in [6, 6.07) is 8.71. The van der Waals surface area contributed by atoms with Gasteiger partial charge >= 0.3 is 12.2 Å². The van der Waals surface area contributed by atoms with Gasteiger partial charge < -0.3 is 30.3 Å². The van der Waals surface area contributed by atoms with Crippen molar-refractivity contribution >= 4 is 45.6 Å². The van der Waals surface area contributed by atoms with E-state index in [0.29, 0.717) is 29.8 Å². The first-order chi connectivity index (χ1) is 28.4. The molecule has 0 unspecified atom stereocenters. The number of carbonyl (C=O) groups excluding carboxylic acids is 5. The zero-order valence-corrected chi connectivity index (χ0v) is 33.9. The van der Waals surface area contributed by atoms with Crippen LogP contribution in [0.3, 0.4) is 0 Å². The molecule has 3 heterocycles. The molecule has 1 spiro atoms. The Morgan fingerprint density at radius 1 is 0.847 bits per heavy atom. The van der Waals surface area contributed by atoms with Gasteiger partial charge in [-0.1, -0.05) is 49.9 Å². The second-order valence-electron chi connectivity index (χ2n) is 17.0. The number of para-hydroxylation sites is 1. The fraction of sp³-hybridized carbons (Fsp3) is 0.595. The average molecular weight is 837 g/mol. The van der Waals surface area contributed by atoms with Crippen molar-refractivity contribution in [3.05, 3.63) is 59.4 Å². The summed E-state index contributed by atoms with van der Waals surface area (Å²) in [6.07, 6.45) is 6.40. The third-order valence-corrected chi connectivity index (χ3v) is 14.2. The minimum Gasteiger partial charge on any atom is -0.446 e. The van der Waals surface area contributed by atoms with E-state index < -0.39 is 69.5 Å². The molecule has 2 aromatic rings. The molecule has 6 aliphatic rings. The smallest absolute Gasteiger partial charge is 0.410 e. The van der Waals surface area contributed by atoms with Gasteiger partial charge in [-0.3, -0.25) is 19.3 Å². The van der Waals surface area contributed by atoms with Gasteiger partial charge in [-0.05, 0) is 93.4 Å². The zero-order chi connectivity index (χ0) is 41.3. The number of sulfonamides is 1. The van der Waals surface area contributed by atoms with Crippen molar-refractivity contribution in [2.45, 2.75) is 138 Å². The van der Waals surface area contributed by atoms with Crippen LogP contribution < -0.4 is 20.7 Å². The third kappa shape index (κ3) is 8.99. The maximum Gasteiger partial charge on any atom is 0.410 e. The summed E-state index contributed by atoms with van der Waals surface area (Å²) < 4.78 is 56.0. The number of anilines is 1. The normalized spacial score (nSPS) is 29.0. The molecule has 4 N–H and O–H groups in total. The van der Waals surface area contributed by atoms with Gasteiger partial charge in [0.1, 0.15) is 40.5 Å². The monoisotopic (exact) mass is 836 g/mol. The van der Waals surface area contributed by atoms with Crippen LogP contribution in [0.15, 0.2) is 47.4 Å². The molecule has 1 saturated heterocycles. The molecule has 4 fully saturated rings. The average Bonchev–Trinajstić information content (AvgIpc) is 3.98.